The zero-order valence-corrected chi connectivity index (χ0v) is 16.0. The Kier molecular flexibility index (Phi) is 6.40. The maximum absolute atomic E-state index is 12.6. The highest BCUT2D eigenvalue weighted by Crippen LogP contribution is 2.26. The molecule has 9 heteroatoms. The molecule has 0 saturated carbocycles. The summed E-state index contributed by atoms with van der Waals surface area (Å²) < 4.78 is 32.9. The molecule has 0 bridgehead atoms. The van der Waals surface area contributed by atoms with Gasteiger partial charge < -0.3 is 15.0 Å². The lowest BCUT2D eigenvalue weighted by atomic mass is 10.2. The van der Waals surface area contributed by atoms with Crippen LogP contribution in [0.2, 0.25) is 0 Å². The summed E-state index contributed by atoms with van der Waals surface area (Å²) in [4.78, 5) is 25.0. The topological polar surface area (TPSA) is 105 Å². The van der Waals surface area contributed by atoms with E-state index in [1.807, 2.05) is 0 Å². The van der Waals surface area contributed by atoms with E-state index in [4.69, 9.17) is 4.74 Å². The number of anilines is 1. The van der Waals surface area contributed by atoms with E-state index in [0.717, 1.165) is 0 Å². The van der Waals surface area contributed by atoms with Gasteiger partial charge in [-0.3, -0.25) is 14.3 Å². The second kappa shape index (κ2) is 8.54. The van der Waals surface area contributed by atoms with Crippen LogP contribution in [0.3, 0.4) is 0 Å². The summed E-state index contributed by atoms with van der Waals surface area (Å²) in [6.07, 6.45) is 0. The highest BCUT2D eigenvalue weighted by molar-refractivity contribution is 7.92. The molecule has 2 N–H and O–H groups in total. The third-order valence-electron chi connectivity index (χ3n) is 3.66. The SMILES string of the molecule is COc1ccccc1NS(=O)(=O)c1cccc(C(=O)NCC(=O)N(C)C)c1. The number of ether oxygens (including phenoxy) is 1. The van der Waals surface area contributed by atoms with Crippen molar-refractivity contribution in [1.29, 1.82) is 0 Å². The molecule has 2 aromatic carbocycles. The van der Waals surface area contributed by atoms with Crippen LogP contribution in [0.4, 0.5) is 5.69 Å². The van der Waals surface area contributed by atoms with E-state index in [9.17, 15) is 18.0 Å². The Balaban J connectivity index is 2.20. The van der Waals surface area contributed by atoms with Gasteiger partial charge in [-0.15, -0.1) is 0 Å². The number of likely N-dealkylation sites (N-methyl/N-ethyl adjacent to an activating group) is 1. The van der Waals surface area contributed by atoms with Crippen molar-refractivity contribution in [1.82, 2.24) is 10.2 Å². The highest BCUT2D eigenvalue weighted by Gasteiger charge is 2.18. The Labute approximate surface area is 158 Å². The van der Waals surface area contributed by atoms with E-state index in [1.54, 1.807) is 38.4 Å². The van der Waals surface area contributed by atoms with Crippen LogP contribution in [-0.2, 0) is 14.8 Å². The molecule has 27 heavy (non-hydrogen) atoms. The first-order chi connectivity index (χ1) is 12.7. The van der Waals surface area contributed by atoms with Crippen molar-refractivity contribution in [3.8, 4) is 5.75 Å². The molecule has 0 saturated heterocycles. The molecule has 8 nitrogen and oxygen atoms in total. The number of hydrogen-bond donors (Lipinski definition) is 2. The molecule has 0 aliphatic rings. The number of amides is 2. The van der Waals surface area contributed by atoms with Gasteiger partial charge in [-0.05, 0) is 30.3 Å². The standard InChI is InChI=1S/C18H21N3O5S/c1-21(2)17(22)12-19-18(23)13-7-6-8-14(11-13)27(24,25)20-15-9-4-5-10-16(15)26-3/h4-11,20H,12H2,1-3H3,(H,19,23). The summed E-state index contributed by atoms with van der Waals surface area (Å²) in [5.41, 5.74) is 0.413. The van der Waals surface area contributed by atoms with E-state index < -0.39 is 15.9 Å². The molecule has 0 aliphatic carbocycles. The van der Waals surface area contributed by atoms with Crippen molar-refractivity contribution in [2.45, 2.75) is 4.90 Å². The number of nitrogens with one attached hydrogen (secondary N) is 2. The van der Waals surface area contributed by atoms with Crippen LogP contribution in [0.5, 0.6) is 5.75 Å². The maximum Gasteiger partial charge on any atom is 0.262 e. The molecular weight excluding hydrogens is 370 g/mol. The lowest BCUT2D eigenvalue weighted by Crippen LogP contribution is -2.36. The largest absolute Gasteiger partial charge is 0.495 e. The lowest BCUT2D eigenvalue weighted by Gasteiger charge is -2.13. The first-order valence-electron chi connectivity index (χ1n) is 7.99. The summed E-state index contributed by atoms with van der Waals surface area (Å²) in [6.45, 7) is -0.178. The second-order valence-electron chi connectivity index (χ2n) is 5.80. The molecular formula is C18H21N3O5S. The quantitative estimate of drug-likeness (QED) is 0.741. The second-order valence-corrected chi connectivity index (χ2v) is 7.49. The molecule has 0 aliphatic heterocycles. The van der Waals surface area contributed by atoms with Crippen LogP contribution in [0.15, 0.2) is 53.4 Å². The van der Waals surface area contributed by atoms with E-state index in [-0.39, 0.29) is 28.6 Å². The smallest absolute Gasteiger partial charge is 0.262 e. The van der Waals surface area contributed by atoms with E-state index >= 15 is 0 Å². The molecule has 0 fully saturated rings. The van der Waals surface area contributed by atoms with Gasteiger partial charge in [0.2, 0.25) is 5.91 Å². The molecule has 2 rings (SSSR count). The third kappa shape index (κ3) is 5.20. The molecule has 0 spiro atoms. The normalized spacial score (nSPS) is 10.8. The van der Waals surface area contributed by atoms with Gasteiger partial charge in [0.15, 0.2) is 0 Å². The highest BCUT2D eigenvalue weighted by atomic mass is 32.2. The predicted octanol–water partition coefficient (Wildman–Crippen LogP) is 1.31. The van der Waals surface area contributed by atoms with Crippen molar-refractivity contribution in [2.24, 2.45) is 0 Å². The lowest BCUT2D eigenvalue weighted by molar-refractivity contribution is -0.127. The number of carbonyl (C=O) groups excluding carboxylic acids is 2. The van der Waals surface area contributed by atoms with Crippen LogP contribution in [0.25, 0.3) is 0 Å². The van der Waals surface area contributed by atoms with E-state index in [1.165, 1.54) is 36.3 Å². The molecule has 0 unspecified atom stereocenters. The third-order valence-corrected chi connectivity index (χ3v) is 5.02. The van der Waals surface area contributed by atoms with Crippen LogP contribution < -0.4 is 14.8 Å². The minimum absolute atomic E-state index is 0.0833. The maximum atomic E-state index is 12.6. The molecule has 2 aromatic rings. The summed E-state index contributed by atoms with van der Waals surface area (Å²) in [7, 11) is 0.655. The van der Waals surface area contributed by atoms with Gasteiger partial charge in [-0.2, -0.15) is 0 Å². The predicted molar refractivity (Wildman–Crippen MR) is 101 cm³/mol. The van der Waals surface area contributed by atoms with Crippen molar-refractivity contribution >= 4 is 27.5 Å². The van der Waals surface area contributed by atoms with Crippen molar-refractivity contribution in [2.75, 3.05) is 32.5 Å². The number of hydrogen-bond acceptors (Lipinski definition) is 5. The van der Waals surface area contributed by atoms with E-state index in [0.29, 0.717) is 5.75 Å². The average Bonchev–Trinajstić information content (AvgIpc) is 2.66. The van der Waals surface area contributed by atoms with E-state index in [2.05, 4.69) is 10.0 Å². The fraction of sp³-hybridized carbons (Fsp3) is 0.222. The number of benzene rings is 2. The Hall–Kier alpha value is -3.07. The number of carbonyl (C=O) groups is 2. The Morgan fingerprint density at radius 1 is 1.07 bits per heavy atom. The van der Waals surface area contributed by atoms with Crippen LogP contribution in [0.1, 0.15) is 10.4 Å². The van der Waals surface area contributed by atoms with Gasteiger partial charge in [0.05, 0.1) is 24.2 Å². The van der Waals surface area contributed by atoms with Gasteiger partial charge in [-0.1, -0.05) is 18.2 Å². The molecule has 0 heterocycles. The summed E-state index contributed by atoms with van der Waals surface area (Å²) in [5.74, 6) is -0.443. The molecule has 0 atom stereocenters. The number of para-hydroxylation sites is 2. The molecule has 144 valence electrons. The summed E-state index contributed by atoms with van der Waals surface area (Å²) in [5, 5.41) is 2.46. The monoisotopic (exact) mass is 391 g/mol. The van der Waals surface area contributed by atoms with Crippen LogP contribution in [-0.4, -0.2) is 52.9 Å². The molecule has 0 radical (unpaired) electrons. The van der Waals surface area contributed by atoms with Crippen molar-refractivity contribution in [3.63, 3.8) is 0 Å². The average molecular weight is 391 g/mol. The first-order valence-corrected chi connectivity index (χ1v) is 9.47. The summed E-state index contributed by atoms with van der Waals surface area (Å²) in [6, 6.07) is 12.1. The Morgan fingerprint density at radius 2 is 1.78 bits per heavy atom. The van der Waals surface area contributed by atoms with Gasteiger partial charge >= 0.3 is 0 Å². The number of sulfonamides is 1. The fourth-order valence-electron chi connectivity index (χ4n) is 2.15. The zero-order valence-electron chi connectivity index (χ0n) is 15.2. The minimum Gasteiger partial charge on any atom is -0.495 e. The van der Waals surface area contributed by atoms with Gasteiger partial charge in [-0.25, -0.2) is 8.42 Å². The Morgan fingerprint density at radius 3 is 2.44 bits per heavy atom. The van der Waals surface area contributed by atoms with Crippen LogP contribution in [0, 0.1) is 0 Å². The summed E-state index contributed by atoms with van der Waals surface area (Å²) >= 11 is 0. The number of rotatable bonds is 7. The Bertz CT molecular complexity index is 942. The molecule has 0 aromatic heterocycles. The first kappa shape index (κ1) is 20.2. The minimum atomic E-state index is -3.93. The van der Waals surface area contributed by atoms with Gasteiger partial charge in [0.25, 0.3) is 15.9 Å². The van der Waals surface area contributed by atoms with Crippen molar-refractivity contribution in [3.05, 3.63) is 54.1 Å². The van der Waals surface area contributed by atoms with Crippen LogP contribution >= 0.6 is 0 Å². The molecule has 2 amide bonds. The van der Waals surface area contributed by atoms with Crippen molar-refractivity contribution < 1.29 is 22.7 Å². The van der Waals surface area contributed by atoms with Gasteiger partial charge in [0.1, 0.15) is 5.75 Å². The number of nitrogens with zero attached hydrogens (tertiary/aromatic N) is 1. The number of methoxy groups -OCH3 is 1. The van der Waals surface area contributed by atoms with Gasteiger partial charge in [0, 0.05) is 19.7 Å². The fourth-order valence-corrected chi connectivity index (χ4v) is 3.27. The zero-order chi connectivity index (χ0) is 20.0.